The first-order valence-electron chi connectivity index (χ1n) is 4.63. The zero-order valence-corrected chi connectivity index (χ0v) is 9.32. The van der Waals surface area contributed by atoms with Gasteiger partial charge >= 0.3 is 5.97 Å². The van der Waals surface area contributed by atoms with E-state index < -0.39 is 11.8 Å². The molecule has 2 aromatic rings. The average Bonchev–Trinajstić information content (AvgIpc) is 2.32. The molecule has 0 aliphatic carbocycles. The summed E-state index contributed by atoms with van der Waals surface area (Å²) in [5.74, 6) is -1.87. The van der Waals surface area contributed by atoms with E-state index in [1.54, 1.807) is 24.5 Å². The zero-order chi connectivity index (χ0) is 12.3. The standard InChI is InChI=1S/C11H7FN2O2S/c12-7-5-9(11(15)16)10(14-6-7)17-8-1-3-13-4-2-8/h1-6H,(H,15,16). The molecule has 2 rings (SSSR count). The number of nitrogens with zero attached hydrogens (tertiary/aromatic N) is 2. The maximum absolute atomic E-state index is 12.9. The van der Waals surface area contributed by atoms with Crippen molar-refractivity contribution in [2.75, 3.05) is 0 Å². The Balaban J connectivity index is 2.36. The second kappa shape index (κ2) is 4.92. The fourth-order valence-corrected chi connectivity index (χ4v) is 2.02. The van der Waals surface area contributed by atoms with Crippen LogP contribution in [0.2, 0.25) is 0 Å². The summed E-state index contributed by atoms with van der Waals surface area (Å²) in [6, 6.07) is 4.40. The number of hydrogen-bond donors (Lipinski definition) is 1. The summed E-state index contributed by atoms with van der Waals surface area (Å²) in [5.41, 5.74) is -0.146. The van der Waals surface area contributed by atoms with E-state index in [1.807, 2.05) is 0 Å². The van der Waals surface area contributed by atoms with Crippen LogP contribution in [0.5, 0.6) is 0 Å². The van der Waals surface area contributed by atoms with Gasteiger partial charge in [0.25, 0.3) is 0 Å². The molecule has 0 aromatic carbocycles. The Labute approximate surface area is 101 Å². The number of carbonyl (C=O) groups is 1. The molecule has 2 aromatic heterocycles. The maximum Gasteiger partial charge on any atom is 0.338 e. The van der Waals surface area contributed by atoms with Crippen molar-refractivity contribution in [2.45, 2.75) is 9.92 Å². The van der Waals surface area contributed by atoms with E-state index in [0.717, 1.165) is 28.9 Å². The van der Waals surface area contributed by atoms with Crippen molar-refractivity contribution in [3.8, 4) is 0 Å². The minimum Gasteiger partial charge on any atom is -0.478 e. The molecule has 6 heteroatoms. The molecule has 0 amide bonds. The van der Waals surface area contributed by atoms with Crippen LogP contribution in [0, 0.1) is 5.82 Å². The van der Waals surface area contributed by atoms with Gasteiger partial charge in [-0.2, -0.15) is 0 Å². The second-order valence-electron chi connectivity index (χ2n) is 3.10. The van der Waals surface area contributed by atoms with Crippen molar-refractivity contribution in [3.05, 3.63) is 48.2 Å². The molecule has 0 aliphatic heterocycles. The predicted molar refractivity (Wildman–Crippen MR) is 59.5 cm³/mol. The number of carboxylic acid groups (broad SMARTS) is 1. The van der Waals surface area contributed by atoms with Gasteiger partial charge in [-0.25, -0.2) is 14.2 Å². The molecule has 2 heterocycles. The van der Waals surface area contributed by atoms with Crippen LogP contribution in [0.25, 0.3) is 0 Å². The molecule has 4 nitrogen and oxygen atoms in total. The lowest BCUT2D eigenvalue weighted by Gasteiger charge is -2.04. The Morgan fingerprint density at radius 1 is 1.35 bits per heavy atom. The van der Waals surface area contributed by atoms with Crippen molar-refractivity contribution in [1.29, 1.82) is 0 Å². The van der Waals surface area contributed by atoms with Crippen molar-refractivity contribution in [1.82, 2.24) is 9.97 Å². The highest BCUT2D eigenvalue weighted by Gasteiger charge is 2.13. The Kier molecular flexibility index (Phi) is 3.34. The average molecular weight is 250 g/mol. The number of hydrogen-bond acceptors (Lipinski definition) is 4. The maximum atomic E-state index is 12.9. The number of pyridine rings is 2. The molecule has 0 saturated heterocycles. The summed E-state index contributed by atoms with van der Waals surface area (Å²) in [7, 11) is 0. The third kappa shape index (κ3) is 2.79. The molecule has 0 bridgehead atoms. The summed E-state index contributed by atoms with van der Waals surface area (Å²) < 4.78 is 12.9. The minimum atomic E-state index is -1.20. The van der Waals surface area contributed by atoms with Crippen molar-refractivity contribution < 1.29 is 14.3 Å². The fourth-order valence-electron chi connectivity index (χ4n) is 1.18. The van der Waals surface area contributed by atoms with Gasteiger partial charge < -0.3 is 5.11 Å². The smallest absolute Gasteiger partial charge is 0.338 e. The first kappa shape index (κ1) is 11.5. The van der Waals surface area contributed by atoms with Gasteiger partial charge in [0.15, 0.2) is 0 Å². The number of aromatic carboxylic acids is 1. The molecular weight excluding hydrogens is 243 g/mol. The summed E-state index contributed by atoms with van der Waals surface area (Å²) in [6.45, 7) is 0. The Hall–Kier alpha value is -1.95. The van der Waals surface area contributed by atoms with Crippen molar-refractivity contribution >= 4 is 17.7 Å². The molecule has 17 heavy (non-hydrogen) atoms. The molecule has 0 unspecified atom stereocenters. The lowest BCUT2D eigenvalue weighted by Crippen LogP contribution is -2.01. The van der Waals surface area contributed by atoms with Crippen LogP contribution in [0.4, 0.5) is 4.39 Å². The fraction of sp³-hybridized carbons (Fsp3) is 0. The number of aromatic nitrogens is 2. The summed E-state index contributed by atoms with van der Waals surface area (Å²) in [4.78, 5) is 19.4. The molecule has 1 N–H and O–H groups in total. The normalized spacial score (nSPS) is 10.2. The topological polar surface area (TPSA) is 63.1 Å². The van der Waals surface area contributed by atoms with Crippen molar-refractivity contribution in [2.24, 2.45) is 0 Å². The molecule has 86 valence electrons. The van der Waals surface area contributed by atoms with Crippen LogP contribution < -0.4 is 0 Å². The third-order valence-electron chi connectivity index (χ3n) is 1.91. The lowest BCUT2D eigenvalue weighted by atomic mass is 10.3. The quantitative estimate of drug-likeness (QED) is 0.906. The minimum absolute atomic E-state index is 0.146. The van der Waals surface area contributed by atoms with Gasteiger partial charge in [-0.3, -0.25) is 4.98 Å². The Morgan fingerprint density at radius 3 is 2.71 bits per heavy atom. The first-order valence-corrected chi connectivity index (χ1v) is 5.45. The molecule has 0 radical (unpaired) electrons. The molecule has 0 fully saturated rings. The zero-order valence-electron chi connectivity index (χ0n) is 8.50. The van der Waals surface area contributed by atoms with E-state index >= 15 is 0 Å². The third-order valence-corrected chi connectivity index (χ3v) is 2.94. The van der Waals surface area contributed by atoms with Crippen LogP contribution in [0.1, 0.15) is 10.4 Å². The summed E-state index contributed by atoms with van der Waals surface area (Å²) >= 11 is 1.15. The molecule has 0 spiro atoms. The van der Waals surface area contributed by atoms with E-state index in [4.69, 9.17) is 5.11 Å². The molecular formula is C11H7FN2O2S. The molecule has 0 atom stereocenters. The lowest BCUT2D eigenvalue weighted by molar-refractivity contribution is 0.0691. The van der Waals surface area contributed by atoms with E-state index in [2.05, 4.69) is 9.97 Å². The molecule has 0 saturated carbocycles. The van der Waals surface area contributed by atoms with Gasteiger partial charge in [-0.05, 0) is 18.2 Å². The largest absolute Gasteiger partial charge is 0.478 e. The summed E-state index contributed by atoms with van der Waals surface area (Å²) in [6.07, 6.45) is 4.18. The van der Waals surface area contributed by atoms with Crippen LogP contribution in [0.3, 0.4) is 0 Å². The van der Waals surface area contributed by atoms with Crippen molar-refractivity contribution in [3.63, 3.8) is 0 Å². The monoisotopic (exact) mass is 250 g/mol. The van der Waals surface area contributed by atoms with Crippen LogP contribution in [0.15, 0.2) is 46.7 Å². The highest BCUT2D eigenvalue weighted by Crippen LogP contribution is 2.28. The number of rotatable bonds is 3. The van der Waals surface area contributed by atoms with E-state index in [1.165, 1.54) is 0 Å². The summed E-state index contributed by atoms with van der Waals surface area (Å²) in [5, 5.41) is 9.19. The van der Waals surface area contributed by atoms with Gasteiger partial charge in [-0.1, -0.05) is 11.8 Å². The van der Waals surface area contributed by atoms with E-state index in [9.17, 15) is 9.18 Å². The number of halogens is 1. The Bertz CT molecular complexity index is 548. The first-order chi connectivity index (χ1) is 8.16. The van der Waals surface area contributed by atoms with Gasteiger partial charge in [-0.15, -0.1) is 0 Å². The predicted octanol–water partition coefficient (Wildman–Crippen LogP) is 2.47. The van der Waals surface area contributed by atoms with Gasteiger partial charge in [0.1, 0.15) is 10.8 Å². The van der Waals surface area contributed by atoms with Gasteiger partial charge in [0.05, 0.1) is 11.8 Å². The molecule has 0 aliphatic rings. The highest BCUT2D eigenvalue weighted by molar-refractivity contribution is 7.99. The van der Waals surface area contributed by atoms with E-state index in [-0.39, 0.29) is 10.6 Å². The van der Waals surface area contributed by atoms with Gasteiger partial charge in [0.2, 0.25) is 0 Å². The van der Waals surface area contributed by atoms with Gasteiger partial charge in [0, 0.05) is 17.3 Å². The SMILES string of the molecule is O=C(O)c1cc(F)cnc1Sc1ccncc1. The highest BCUT2D eigenvalue weighted by atomic mass is 32.2. The van der Waals surface area contributed by atoms with E-state index in [0.29, 0.717) is 0 Å². The number of carboxylic acids is 1. The van der Waals surface area contributed by atoms with Crippen LogP contribution in [-0.4, -0.2) is 21.0 Å². The second-order valence-corrected chi connectivity index (χ2v) is 4.16. The van der Waals surface area contributed by atoms with Crippen LogP contribution >= 0.6 is 11.8 Å². The Morgan fingerprint density at radius 2 is 2.06 bits per heavy atom. The van der Waals surface area contributed by atoms with Crippen LogP contribution in [-0.2, 0) is 0 Å².